The first kappa shape index (κ1) is 19.8. The van der Waals surface area contributed by atoms with Gasteiger partial charge in [-0.3, -0.25) is 9.59 Å². The Hall–Kier alpha value is -2.99. The number of nitrogens with two attached hydrogens (primary N) is 1. The number of ether oxygens (including phenoxy) is 1. The van der Waals surface area contributed by atoms with E-state index in [0.717, 1.165) is 0 Å². The molecule has 3 aromatic rings. The molecule has 2 aromatic carbocycles. The first-order chi connectivity index (χ1) is 13.3. The number of fused-ring (bicyclic) bond motifs is 1. The second-order valence-electron chi connectivity index (χ2n) is 7.24. The van der Waals surface area contributed by atoms with Crippen molar-refractivity contribution in [1.29, 1.82) is 0 Å². The van der Waals surface area contributed by atoms with Crippen LogP contribution >= 0.6 is 0 Å². The van der Waals surface area contributed by atoms with Gasteiger partial charge in [-0.25, -0.2) is 4.39 Å². The van der Waals surface area contributed by atoms with E-state index in [9.17, 15) is 9.59 Å². The molecule has 3 N–H and O–H groups in total. The van der Waals surface area contributed by atoms with Crippen molar-refractivity contribution in [3.8, 4) is 5.75 Å². The number of H-pyrrole nitrogens is 1. The van der Waals surface area contributed by atoms with Crippen LogP contribution in [0.15, 0.2) is 47.4 Å². The molecule has 146 valence electrons. The normalized spacial score (nSPS) is 12.4. The topological polar surface area (TPSA) is 85.2 Å². The third-order valence-corrected chi connectivity index (χ3v) is 4.48. The Morgan fingerprint density at radius 1 is 1.11 bits per heavy atom. The average Bonchev–Trinajstić information content (AvgIpc) is 2.66. The van der Waals surface area contributed by atoms with E-state index in [-0.39, 0.29) is 28.4 Å². The number of halogens is 1. The van der Waals surface area contributed by atoms with Crippen LogP contribution in [0, 0.1) is 11.7 Å². The number of ketones is 1. The number of nitrogens with one attached hydrogen (secondary N) is 1. The zero-order valence-electron chi connectivity index (χ0n) is 16.1. The second-order valence-corrected chi connectivity index (χ2v) is 7.24. The molecule has 0 spiro atoms. The highest BCUT2D eigenvalue weighted by atomic mass is 19.1. The predicted octanol–water partition coefficient (Wildman–Crippen LogP) is 3.95. The highest BCUT2D eigenvalue weighted by molar-refractivity contribution is 6.16. The summed E-state index contributed by atoms with van der Waals surface area (Å²) in [7, 11) is 0. The van der Waals surface area contributed by atoms with Crippen LogP contribution in [-0.4, -0.2) is 17.4 Å². The largest absolute Gasteiger partial charge is 0.490 e. The van der Waals surface area contributed by atoms with Gasteiger partial charge in [0.15, 0.2) is 17.3 Å². The van der Waals surface area contributed by atoms with Crippen LogP contribution in [0.5, 0.6) is 5.75 Å². The summed E-state index contributed by atoms with van der Waals surface area (Å²) in [6, 6.07) is 9.04. The summed E-state index contributed by atoms with van der Waals surface area (Å²) < 4.78 is 21.0. The average molecular weight is 382 g/mol. The fourth-order valence-electron chi connectivity index (χ4n) is 3.07. The molecule has 3 rings (SSSR count). The summed E-state index contributed by atoms with van der Waals surface area (Å²) >= 11 is 0. The summed E-state index contributed by atoms with van der Waals surface area (Å²) in [5, 5.41) is 0.841. The van der Waals surface area contributed by atoms with Crippen LogP contribution in [-0.2, 0) is 0 Å². The van der Waals surface area contributed by atoms with E-state index in [0.29, 0.717) is 22.9 Å². The maximum absolute atomic E-state index is 15.3. The lowest BCUT2D eigenvalue weighted by Gasteiger charge is -2.18. The molecule has 6 heteroatoms. The van der Waals surface area contributed by atoms with E-state index in [1.54, 1.807) is 37.3 Å². The van der Waals surface area contributed by atoms with E-state index in [4.69, 9.17) is 10.5 Å². The molecule has 0 bridgehead atoms. The number of carbonyl (C=O) groups excluding carboxylic acids is 1. The Balaban J connectivity index is 2.14. The highest BCUT2D eigenvalue weighted by Crippen LogP contribution is 2.32. The van der Waals surface area contributed by atoms with Crippen LogP contribution in [0.3, 0.4) is 0 Å². The van der Waals surface area contributed by atoms with Gasteiger partial charge < -0.3 is 15.5 Å². The standard InChI is InChI=1S/C22H23FN2O3/c1-12(2)11-28-21-14(13(3)24)7-8-18(19(21)23)20(26)16-5-4-6-17-15(16)9-10-25-22(17)27/h4-10,12-13H,11,24H2,1-3H3,(H,25,27). The number of aromatic amines is 1. The number of hydrogen-bond acceptors (Lipinski definition) is 4. The Kier molecular flexibility index (Phi) is 5.61. The van der Waals surface area contributed by atoms with Crippen molar-refractivity contribution in [3.05, 3.63) is 75.5 Å². The van der Waals surface area contributed by atoms with Gasteiger partial charge in [-0.1, -0.05) is 32.0 Å². The monoisotopic (exact) mass is 382 g/mol. The van der Waals surface area contributed by atoms with Gasteiger partial charge in [0.1, 0.15) is 0 Å². The minimum atomic E-state index is -0.734. The number of aromatic nitrogens is 1. The minimum Gasteiger partial charge on any atom is -0.490 e. The molecule has 0 amide bonds. The van der Waals surface area contributed by atoms with Crippen molar-refractivity contribution in [2.24, 2.45) is 11.7 Å². The zero-order valence-corrected chi connectivity index (χ0v) is 16.1. The van der Waals surface area contributed by atoms with Crippen molar-refractivity contribution in [2.45, 2.75) is 26.8 Å². The first-order valence-electron chi connectivity index (χ1n) is 9.17. The molecule has 1 unspecified atom stereocenters. The first-order valence-corrected chi connectivity index (χ1v) is 9.17. The van der Waals surface area contributed by atoms with Crippen LogP contribution in [0.4, 0.5) is 4.39 Å². The van der Waals surface area contributed by atoms with Crippen molar-refractivity contribution >= 4 is 16.6 Å². The number of pyridine rings is 1. The number of hydrogen-bond donors (Lipinski definition) is 2. The van der Waals surface area contributed by atoms with E-state index >= 15 is 4.39 Å². The lowest BCUT2D eigenvalue weighted by molar-refractivity contribution is 0.103. The van der Waals surface area contributed by atoms with Crippen LogP contribution < -0.4 is 16.0 Å². The quantitative estimate of drug-likeness (QED) is 0.632. The van der Waals surface area contributed by atoms with Gasteiger partial charge in [0, 0.05) is 28.8 Å². The molecule has 0 saturated carbocycles. The molecule has 28 heavy (non-hydrogen) atoms. The third-order valence-electron chi connectivity index (χ3n) is 4.48. The summed E-state index contributed by atoms with van der Waals surface area (Å²) in [5.41, 5.74) is 6.29. The molecule has 0 fully saturated rings. The van der Waals surface area contributed by atoms with E-state index in [2.05, 4.69) is 4.98 Å². The lowest BCUT2D eigenvalue weighted by atomic mass is 9.95. The Morgan fingerprint density at radius 2 is 1.86 bits per heavy atom. The molecular weight excluding hydrogens is 359 g/mol. The molecular formula is C22H23FN2O3. The fraction of sp³-hybridized carbons (Fsp3) is 0.273. The second kappa shape index (κ2) is 7.94. The predicted molar refractivity (Wildman–Crippen MR) is 107 cm³/mol. The number of benzene rings is 2. The smallest absolute Gasteiger partial charge is 0.255 e. The molecule has 1 aromatic heterocycles. The summed E-state index contributed by atoms with van der Waals surface area (Å²) in [6.07, 6.45) is 1.47. The van der Waals surface area contributed by atoms with Gasteiger partial charge in [-0.2, -0.15) is 0 Å². The maximum atomic E-state index is 15.3. The Bertz CT molecular complexity index is 1090. The molecule has 1 atom stereocenters. The molecule has 0 aliphatic carbocycles. The van der Waals surface area contributed by atoms with Gasteiger partial charge >= 0.3 is 0 Å². The number of carbonyl (C=O) groups is 1. The SMILES string of the molecule is CC(C)COc1c(C(C)N)ccc(C(=O)c2cccc3c(=O)[nH]ccc23)c1F. The Labute approximate surface area is 162 Å². The fourth-order valence-corrected chi connectivity index (χ4v) is 3.07. The van der Waals surface area contributed by atoms with Crippen LogP contribution in [0.25, 0.3) is 10.8 Å². The number of rotatable bonds is 6. The summed E-state index contributed by atoms with van der Waals surface area (Å²) in [4.78, 5) is 27.7. The van der Waals surface area contributed by atoms with E-state index in [1.807, 2.05) is 13.8 Å². The van der Waals surface area contributed by atoms with Gasteiger partial charge in [0.2, 0.25) is 0 Å². The molecule has 0 saturated heterocycles. The molecule has 1 heterocycles. The summed E-state index contributed by atoms with van der Waals surface area (Å²) in [5.74, 6) is -1.06. The summed E-state index contributed by atoms with van der Waals surface area (Å²) in [6.45, 7) is 5.94. The van der Waals surface area contributed by atoms with Gasteiger partial charge in [0.25, 0.3) is 5.56 Å². The molecule has 0 aliphatic rings. The third kappa shape index (κ3) is 3.68. The van der Waals surface area contributed by atoms with E-state index in [1.165, 1.54) is 12.3 Å². The molecule has 0 aliphatic heterocycles. The van der Waals surface area contributed by atoms with Crippen LogP contribution in [0.2, 0.25) is 0 Å². The van der Waals surface area contributed by atoms with Gasteiger partial charge in [0.05, 0.1) is 12.2 Å². The zero-order chi connectivity index (χ0) is 20.4. The van der Waals surface area contributed by atoms with Gasteiger partial charge in [-0.15, -0.1) is 0 Å². The van der Waals surface area contributed by atoms with Crippen molar-refractivity contribution in [1.82, 2.24) is 4.98 Å². The van der Waals surface area contributed by atoms with Crippen molar-refractivity contribution in [3.63, 3.8) is 0 Å². The lowest BCUT2D eigenvalue weighted by Crippen LogP contribution is -2.15. The van der Waals surface area contributed by atoms with Gasteiger partial charge in [-0.05, 0) is 36.4 Å². The molecule has 0 radical (unpaired) electrons. The van der Waals surface area contributed by atoms with Crippen molar-refractivity contribution < 1.29 is 13.9 Å². The molecule has 5 nitrogen and oxygen atoms in total. The van der Waals surface area contributed by atoms with Crippen molar-refractivity contribution in [2.75, 3.05) is 6.61 Å². The highest BCUT2D eigenvalue weighted by Gasteiger charge is 2.23. The Morgan fingerprint density at radius 3 is 2.54 bits per heavy atom. The van der Waals surface area contributed by atoms with Crippen LogP contribution in [0.1, 0.15) is 48.3 Å². The van der Waals surface area contributed by atoms with E-state index < -0.39 is 17.6 Å². The minimum absolute atomic E-state index is 0.00707. The maximum Gasteiger partial charge on any atom is 0.255 e.